The van der Waals surface area contributed by atoms with Crippen LogP contribution in [0.3, 0.4) is 0 Å². The zero-order valence-corrected chi connectivity index (χ0v) is 11.7. The molecule has 2 N–H and O–H groups in total. The first kappa shape index (κ1) is 13.7. The fourth-order valence-corrected chi connectivity index (χ4v) is 2.39. The fourth-order valence-electron chi connectivity index (χ4n) is 2.09. The molecule has 1 aromatic carbocycles. The zero-order chi connectivity index (χ0) is 13.1. The van der Waals surface area contributed by atoms with Crippen LogP contribution in [0.15, 0.2) is 18.2 Å². The van der Waals surface area contributed by atoms with Crippen molar-refractivity contribution < 1.29 is 4.79 Å². The van der Waals surface area contributed by atoms with Gasteiger partial charge in [-0.1, -0.05) is 29.3 Å². The largest absolute Gasteiger partial charge is 0.348 e. The van der Waals surface area contributed by atoms with E-state index in [0.717, 1.165) is 24.9 Å². The molecule has 1 aromatic rings. The summed E-state index contributed by atoms with van der Waals surface area (Å²) in [4.78, 5) is 11.9. The van der Waals surface area contributed by atoms with Crippen molar-refractivity contribution in [3.63, 3.8) is 0 Å². The highest BCUT2D eigenvalue weighted by atomic mass is 35.5. The Morgan fingerprint density at radius 2 is 2.22 bits per heavy atom. The minimum atomic E-state index is -0.0744. The number of nitrogens with one attached hydrogen (secondary N) is 2. The molecule has 0 aromatic heterocycles. The number of carbonyl (C=O) groups excluding carboxylic acids is 1. The average Bonchev–Trinajstić information content (AvgIpc) is 2.86. The Labute approximate surface area is 117 Å². The molecule has 1 amide bonds. The van der Waals surface area contributed by atoms with E-state index in [4.69, 9.17) is 23.2 Å². The van der Waals surface area contributed by atoms with E-state index in [0.29, 0.717) is 10.0 Å². The summed E-state index contributed by atoms with van der Waals surface area (Å²) in [5, 5.41) is 7.19. The van der Waals surface area contributed by atoms with Crippen molar-refractivity contribution in [2.45, 2.75) is 31.8 Å². The lowest BCUT2D eigenvalue weighted by Crippen LogP contribution is -2.41. The van der Waals surface area contributed by atoms with Crippen LogP contribution in [0, 0.1) is 0 Å². The minimum absolute atomic E-state index is 0.0473. The number of hydrogen-bond acceptors (Lipinski definition) is 2. The Kier molecular flexibility index (Phi) is 4.49. The van der Waals surface area contributed by atoms with Gasteiger partial charge < -0.3 is 10.6 Å². The van der Waals surface area contributed by atoms with Crippen LogP contribution in [-0.2, 0) is 4.79 Å². The summed E-state index contributed by atoms with van der Waals surface area (Å²) in [7, 11) is 0. The molecule has 1 saturated heterocycles. The second kappa shape index (κ2) is 5.91. The van der Waals surface area contributed by atoms with Crippen molar-refractivity contribution in [1.82, 2.24) is 10.6 Å². The van der Waals surface area contributed by atoms with Crippen molar-refractivity contribution >= 4 is 29.1 Å². The van der Waals surface area contributed by atoms with Gasteiger partial charge >= 0.3 is 0 Å². The first-order valence-corrected chi connectivity index (χ1v) is 6.82. The Morgan fingerprint density at radius 3 is 2.83 bits per heavy atom. The topological polar surface area (TPSA) is 41.1 Å². The van der Waals surface area contributed by atoms with E-state index in [9.17, 15) is 4.79 Å². The number of benzene rings is 1. The number of halogens is 2. The van der Waals surface area contributed by atoms with E-state index in [1.165, 1.54) is 0 Å². The van der Waals surface area contributed by atoms with Crippen LogP contribution in [0.25, 0.3) is 0 Å². The second-order valence-electron chi connectivity index (χ2n) is 4.55. The number of carbonyl (C=O) groups is 1. The fraction of sp³-hybridized carbons (Fsp3) is 0.462. The van der Waals surface area contributed by atoms with Gasteiger partial charge in [0.1, 0.15) is 0 Å². The van der Waals surface area contributed by atoms with Crippen LogP contribution in [0.5, 0.6) is 0 Å². The number of rotatable bonds is 3. The molecule has 1 aliphatic rings. The predicted octanol–water partition coefficient (Wildman–Crippen LogP) is 2.92. The molecule has 2 atom stereocenters. The van der Waals surface area contributed by atoms with Gasteiger partial charge in [0.05, 0.1) is 22.1 Å². The normalized spacial score (nSPS) is 20.7. The van der Waals surface area contributed by atoms with Crippen LogP contribution < -0.4 is 10.6 Å². The maximum absolute atomic E-state index is 11.9. The van der Waals surface area contributed by atoms with Crippen LogP contribution in [0.1, 0.15) is 31.4 Å². The molecule has 1 fully saturated rings. The molecule has 3 nitrogen and oxygen atoms in total. The van der Waals surface area contributed by atoms with Crippen molar-refractivity contribution in [1.29, 1.82) is 0 Å². The predicted molar refractivity (Wildman–Crippen MR) is 74.0 cm³/mol. The molecule has 0 aliphatic carbocycles. The van der Waals surface area contributed by atoms with Crippen LogP contribution in [-0.4, -0.2) is 18.5 Å². The summed E-state index contributed by atoms with van der Waals surface area (Å²) in [6, 6.07) is 5.28. The summed E-state index contributed by atoms with van der Waals surface area (Å²) in [6.45, 7) is 2.85. The molecule has 0 spiro atoms. The zero-order valence-electron chi connectivity index (χ0n) is 10.2. The van der Waals surface area contributed by atoms with Crippen molar-refractivity contribution in [3.05, 3.63) is 33.8 Å². The first-order valence-electron chi connectivity index (χ1n) is 6.06. The molecule has 18 heavy (non-hydrogen) atoms. The minimum Gasteiger partial charge on any atom is -0.348 e. The molecular weight excluding hydrogens is 271 g/mol. The molecule has 0 radical (unpaired) electrons. The van der Waals surface area contributed by atoms with Crippen LogP contribution >= 0.6 is 23.2 Å². The molecule has 1 heterocycles. The first-order chi connectivity index (χ1) is 8.58. The lowest BCUT2D eigenvalue weighted by molar-refractivity contribution is -0.123. The highest BCUT2D eigenvalue weighted by molar-refractivity contribution is 6.42. The summed E-state index contributed by atoms with van der Waals surface area (Å²) in [5.41, 5.74) is 0.954. The maximum Gasteiger partial charge on any atom is 0.237 e. The van der Waals surface area contributed by atoms with Crippen LogP contribution in [0.2, 0.25) is 10.0 Å². The highest BCUT2D eigenvalue weighted by Gasteiger charge is 2.23. The molecule has 2 rings (SSSR count). The van der Waals surface area contributed by atoms with Gasteiger partial charge in [0.15, 0.2) is 0 Å². The quantitative estimate of drug-likeness (QED) is 0.897. The van der Waals surface area contributed by atoms with Gasteiger partial charge in [-0.3, -0.25) is 4.79 Å². The van der Waals surface area contributed by atoms with Gasteiger partial charge in [-0.15, -0.1) is 0 Å². The maximum atomic E-state index is 11.9. The van der Waals surface area contributed by atoms with E-state index in [1.807, 2.05) is 13.0 Å². The Bertz CT molecular complexity index is 445. The van der Waals surface area contributed by atoms with E-state index >= 15 is 0 Å². The Hall–Kier alpha value is -0.770. The van der Waals surface area contributed by atoms with Gasteiger partial charge in [-0.25, -0.2) is 0 Å². The molecule has 1 aliphatic heterocycles. The van der Waals surface area contributed by atoms with Crippen molar-refractivity contribution in [3.8, 4) is 0 Å². The van der Waals surface area contributed by atoms with E-state index in [-0.39, 0.29) is 18.0 Å². The third kappa shape index (κ3) is 3.16. The monoisotopic (exact) mass is 286 g/mol. The summed E-state index contributed by atoms with van der Waals surface area (Å²) in [6.07, 6.45) is 1.96. The molecule has 98 valence electrons. The Morgan fingerprint density at radius 1 is 1.44 bits per heavy atom. The lowest BCUT2D eigenvalue weighted by atomic mass is 10.1. The number of amides is 1. The standard InChI is InChI=1S/C13H16Cl2N2O/c1-8(9-4-5-10(14)11(15)7-9)17-13(18)12-3-2-6-16-12/h4-5,7-8,12,16H,2-3,6H2,1H3,(H,17,18). The smallest absolute Gasteiger partial charge is 0.237 e. The molecule has 0 bridgehead atoms. The molecule has 2 unspecified atom stereocenters. The van der Waals surface area contributed by atoms with Crippen molar-refractivity contribution in [2.75, 3.05) is 6.54 Å². The van der Waals surface area contributed by atoms with Gasteiger partial charge in [-0.2, -0.15) is 0 Å². The van der Waals surface area contributed by atoms with E-state index in [2.05, 4.69) is 10.6 Å². The third-order valence-electron chi connectivity index (χ3n) is 3.18. The molecule has 5 heteroatoms. The SMILES string of the molecule is CC(NC(=O)C1CCCN1)c1ccc(Cl)c(Cl)c1. The molecule has 0 saturated carbocycles. The van der Waals surface area contributed by atoms with Crippen molar-refractivity contribution in [2.24, 2.45) is 0 Å². The van der Waals surface area contributed by atoms with Gasteiger partial charge in [0.25, 0.3) is 0 Å². The van der Waals surface area contributed by atoms with Crippen LogP contribution in [0.4, 0.5) is 0 Å². The average molecular weight is 287 g/mol. The van der Waals surface area contributed by atoms with Gasteiger partial charge in [0, 0.05) is 0 Å². The summed E-state index contributed by atoms with van der Waals surface area (Å²) < 4.78 is 0. The lowest BCUT2D eigenvalue weighted by Gasteiger charge is -2.18. The second-order valence-corrected chi connectivity index (χ2v) is 5.37. The highest BCUT2D eigenvalue weighted by Crippen LogP contribution is 2.25. The summed E-state index contributed by atoms with van der Waals surface area (Å²) in [5.74, 6) is 0.0473. The molecular formula is C13H16Cl2N2O. The van der Waals surface area contributed by atoms with Gasteiger partial charge in [-0.05, 0) is 44.0 Å². The van der Waals surface area contributed by atoms with E-state index < -0.39 is 0 Å². The third-order valence-corrected chi connectivity index (χ3v) is 3.92. The summed E-state index contributed by atoms with van der Waals surface area (Å²) >= 11 is 11.8. The Balaban J connectivity index is 2.00. The van der Waals surface area contributed by atoms with Gasteiger partial charge in [0.2, 0.25) is 5.91 Å². The number of hydrogen-bond donors (Lipinski definition) is 2. The van der Waals surface area contributed by atoms with E-state index in [1.54, 1.807) is 12.1 Å².